The number of rotatable bonds is 4. The number of hydrogen-bond acceptors (Lipinski definition) is 2. The average Bonchev–Trinajstić information content (AvgIpc) is 2.18. The van der Waals surface area contributed by atoms with E-state index in [2.05, 4.69) is 6.92 Å². The molecule has 1 rings (SSSR count). The van der Waals surface area contributed by atoms with Gasteiger partial charge in [0.2, 0.25) is 0 Å². The normalized spacial score (nSPS) is 10.0. The van der Waals surface area contributed by atoms with E-state index in [1.54, 1.807) is 11.8 Å². The Morgan fingerprint density at radius 3 is 2.31 bits per heavy atom. The molecule has 0 spiro atoms. The second-order valence-electron chi connectivity index (χ2n) is 2.73. The molecule has 0 atom stereocenters. The van der Waals surface area contributed by atoms with Crippen LogP contribution in [-0.2, 0) is 0 Å². The summed E-state index contributed by atoms with van der Waals surface area (Å²) in [5.41, 5.74) is 0.822. The Morgan fingerprint density at radius 2 is 1.85 bits per heavy atom. The van der Waals surface area contributed by atoms with Crippen LogP contribution >= 0.6 is 11.8 Å². The second kappa shape index (κ2) is 5.07. The Morgan fingerprint density at radius 1 is 1.23 bits per heavy atom. The molecule has 70 valence electrons. The van der Waals surface area contributed by atoms with Gasteiger partial charge in [-0.25, -0.2) is 0 Å². The molecule has 0 aromatic heterocycles. The van der Waals surface area contributed by atoms with Crippen LogP contribution in [0.15, 0.2) is 29.2 Å². The highest BCUT2D eigenvalue weighted by atomic mass is 32.2. The van der Waals surface area contributed by atoms with Crippen LogP contribution < -0.4 is 0 Å². The first-order valence-electron chi connectivity index (χ1n) is 4.54. The third-order valence-corrected chi connectivity index (χ3v) is 2.70. The van der Waals surface area contributed by atoms with Crippen LogP contribution in [0, 0.1) is 0 Å². The van der Waals surface area contributed by atoms with Gasteiger partial charge in [0.25, 0.3) is 0 Å². The zero-order valence-electron chi connectivity index (χ0n) is 8.04. The van der Waals surface area contributed by atoms with Gasteiger partial charge in [0, 0.05) is 16.9 Å². The number of Topliss-reactive ketones (excluding diaryl/α,β-unsaturated/α-hetero) is 1. The molecule has 0 heterocycles. The number of carbonyl (C=O) groups excluding carboxylic acids is 1. The monoisotopic (exact) mass is 194 g/mol. The number of hydrogen-bond donors (Lipinski definition) is 0. The van der Waals surface area contributed by atoms with Crippen molar-refractivity contribution in [3.63, 3.8) is 0 Å². The van der Waals surface area contributed by atoms with Crippen molar-refractivity contribution in [1.29, 1.82) is 0 Å². The van der Waals surface area contributed by atoms with E-state index in [9.17, 15) is 4.79 Å². The maximum absolute atomic E-state index is 11.3. The molecule has 0 fully saturated rings. The van der Waals surface area contributed by atoms with E-state index in [1.165, 1.54) is 4.90 Å². The lowest BCUT2D eigenvalue weighted by atomic mass is 10.1. The Bertz CT molecular complexity index is 277. The summed E-state index contributed by atoms with van der Waals surface area (Å²) in [7, 11) is 0. The molecular weight excluding hydrogens is 180 g/mol. The van der Waals surface area contributed by atoms with E-state index in [4.69, 9.17) is 0 Å². The van der Waals surface area contributed by atoms with Gasteiger partial charge in [0.05, 0.1) is 0 Å². The predicted molar refractivity (Wildman–Crippen MR) is 57.5 cm³/mol. The van der Waals surface area contributed by atoms with Gasteiger partial charge in [-0.15, -0.1) is 11.8 Å². The van der Waals surface area contributed by atoms with Gasteiger partial charge in [-0.2, -0.15) is 0 Å². The first-order valence-corrected chi connectivity index (χ1v) is 5.52. The first-order chi connectivity index (χ1) is 6.27. The Hall–Kier alpha value is -0.760. The summed E-state index contributed by atoms with van der Waals surface area (Å²) in [5.74, 6) is 1.29. The lowest BCUT2D eigenvalue weighted by molar-refractivity contribution is 0.0988. The summed E-state index contributed by atoms with van der Waals surface area (Å²) >= 11 is 1.79. The van der Waals surface area contributed by atoms with E-state index in [1.807, 2.05) is 31.2 Å². The summed E-state index contributed by atoms with van der Waals surface area (Å²) in [5, 5.41) is 0. The largest absolute Gasteiger partial charge is 0.294 e. The smallest absolute Gasteiger partial charge is 0.162 e. The van der Waals surface area contributed by atoms with Crippen LogP contribution in [0.2, 0.25) is 0 Å². The summed E-state index contributed by atoms with van der Waals surface area (Å²) < 4.78 is 0. The summed E-state index contributed by atoms with van der Waals surface area (Å²) in [6, 6.07) is 7.84. The summed E-state index contributed by atoms with van der Waals surface area (Å²) in [4.78, 5) is 12.5. The number of carbonyl (C=O) groups is 1. The molecule has 1 aromatic carbocycles. The first kappa shape index (κ1) is 10.3. The van der Waals surface area contributed by atoms with E-state index >= 15 is 0 Å². The molecule has 0 N–H and O–H groups in total. The molecular formula is C11H14OS. The Labute approximate surface area is 83.5 Å². The van der Waals surface area contributed by atoms with Crippen molar-refractivity contribution in [2.75, 3.05) is 5.75 Å². The van der Waals surface area contributed by atoms with Gasteiger partial charge < -0.3 is 0 Å². The minimum Gasteiger partial charge on any atom is -0.294 e. The standard InChI is InChI=1S/C11H14OS/c1-3-11(12)9-5-7-10(8-6-9)13-4-2/h5-8H,3-4H2,1-2H3. The lowest BCUT2D eigenvalue weighted by Crippen LogP contribution is -1.95. The maximum Gasteiger partial charge on any atom is 0.162 e. The number of benzene rings is 1. The van der Waals surface area contributed by atoms with Crippen LogP contribution in [0.3, 0.4) is 0 Å². The predicted octanol–water partition coefficient (Wildman–Crippen LogP) is 3.39. The molecule has 1 nitrogen and oxygen atoms in total. The third-order valence-electron chi connectivity index (χ3n) is 1.81. The van der Waals surface area contributed by atoms with E-state index < -0.39 is 0 Å². The highest BCUT2D eigenvalue weighted by molar-refractivity contribution is 7.99. The van der Waals surface area contributed by atoms with E-state index in [0.29, 0.717) is 6.42 Å². The SMILES string of the molecule is CCSc1ccc(C(=O)CC)cc1. The van der Waals surface area contributed by atoms with Crippen LogP contribution in [0.5, 0.6) is 0 Å². The highest BCUT2D eigenvalue weighted by Gasteiger charge is 2.01. The maximum atomic E-state index is 11.3. The Kier molecular flexibility index (Phi) is 4.03. The van der Waals surface area contributed by atoms with Crippen LogP contribution in [0.1, 0.15) is 30.6 Å². The molecule has 2 heteroatoms. The fourth-order valence-corrected chi connectivity index (χ4v) is 1.77. The van der Waals surface area contributed by atoms with Crippen LogP contribution in [-0.4, -0.2) is 11.5 Å². The van der Waals surface area contributed by atoms with Crippen molar-refractivity contribution in [3.05, 3.63) is 29.8 Å². The van der Waals surface area contributed by atoms with Crippen molar-refractivity contribution < 1.29 is 4.79 Å². The van der Waals surface area contributed by atoms with Crippen molar-refractivity contribution >= 4 is 17.5 Å². The van der Waals surface area contributed by atoms with Gasteiger partial charge >= 0.3 is 0 Å². The highest BCUT2D eigenvalue weighted by Crippen LogP contribution is 2.18. The number of thioether (sulfide) groups is 1. The number of ketones is 1. The molecule has 0 saturated carbocycles. The van der Waals surface area contributed by atoms with Gasteiger partial charge in [-0.1, -0.05) is 26.0 Å². The quantitative estimate of drug-likeness (QED) is 0.540. The van der Waals surface area contributed by atoms with Gasteiger partial charge in [-0.3, -0.25) is 4.79 Å². The minimum absolute atomic E-state index is 0.216. The molecule has 0 aliphatic carbocycles. The molecule has 0 amide bonds. The van der Waals surface area contributed by atoms with Gasteiger partial charge in [-0.05, 0) is 17.9 Å². The van der Waals surface area contributed by atoms with Crippen molar-refractivity contribution in [2.45, 2.75) is 25.2 Å². The Balaban J connectivity index is 2.75. The molecule has 0 aliphatic heterocycles. The molecule has 0 unspecified atom stereocenters. The van der Waals surface area contributed by atoms with Crippen LogP contribution in [0.4, 0.5) is 0 Å². The molecule has 13 heavy (non-hydrogen) atoms. The molecule has 1 aromatic rings. The van der Waals surface area contributed by atoms with Gasteiger partial charge in [0.15, 0.2) is 5.78 Å². The fraction of sp³-hybridized carbons (Fsp3) is 0.364. The minimum atomic E-state index is 0.216. The average molecular weight is 194 g/mol. The molecule has 0 aliphatic rings. The third kappa shape index (κ3) is 2.88. The zero-order valence-corrected chi connectivity index (χ0v) is 8.86. The topological polar surface area (TPSA) is 17.1 Å². The molecule has 0 radical (unpaired) electrons. The van der Waals surface area contributed by atoms with Crippen molar-refractivity contribution in [3.8, 4) is 0 Å². The second-order valence-corrected chi connectivity index (χ2v) is 4.07. The fourth-order valence-electron chi connectivity index (χ4n) is 1.11. The van der Waals surface area contributed by atoms with E-state index in [-0.39, 0.29) is 5.78 Å². The van der Waals surface area contributed by atoms with Gasteiger partial charge in [0.1, 0.15) is 0 Å². The molecule has 0 bridgehead atoms. The summed E-state index contributed by atoms with van der Waals surface area (Å²) in [6.45, 7) is 4.01. The van der Waals surface area contributed by atoms with Crippen molar-refractivity contribution in [1.82, 2.24) is 0 Å². The van der Waals surface area contributed by atoms with Crippen molar-refractivity contribution in [2.24, 2.45) is 0 Å². The zero-order chi connectivity index (χ0) is 9.68. The van der Waals surface area contributed by atoms with E-state index in [0.717, 1.165) is 11.3 Å². The summed E-state index contributed by atoms with van der Waals surface area (Å²) in [6.07, 6.45) is 0.584. The lowest BCUT2D eigenvalue weighted by Gasteiger charge is -2.00. The van der Waals surface area contributed by atoms with Crippen LogP contribution in [0.25, 0.3) is 0 Å². The molecule has 0 saturated heterocycles.